The highest BCUT2D eigenvalue weighted by Gasteiger charge is 2.32. The fourth-order valence-corrected chi connectivity index (χ4v) is 4.49. The van der Waals surface area contributed by atoms with E-state index in [0.29, 0.717) is 28.6 Å². The van der Waals surface area contributed by atoms with Crippen LogP contribution in [-0.4, -0.2) is 28.0 Å². The summed E-state index contributed by atoms with van der Waals surface area (Å²) >= 11 is 0. The molecule has 0 aliphatic heterocycles. The minimum absolute atomic E-state index is 0.0393. The van der Waals surface area contributed by atoms with Crippen molar-refractivity contribution in [2.24, 2.45) is 0 Å². The quantitative estimate of drug-likeness (QED) is 0.225. The maximum absolute atomic E-state index is 14.8. The summed E-state index contributed by atoms with van der Waals surface area (Å²) < 4.78 is 61.9. The van der Waals surface area contributed by atoms with Crippen molar-refractivity contribution in [3.05, 3.63) is 107 Å². The molecule has 4 aromatic carbocycles. The Morgan fingerprint density at radius 1 is 0.923 bits per heavy atom. The Morgan fingerprint density at radius 3 is 2.28 bits per heavy atom. The van der Waals surface area contributed by atoms with Gasteiger partial charge in [0.2, 0.25) is 0 Å². The van der Waals surface area contributed by atoms with Crippen LogP contribution in [0.3, 0.4) is 0 Å². The van der Waals surface area contributed by atoms with Gasteiger partial charge in [-0.3, -0.25) is 4.68 Å². The van der Waals surface area contributed by atoms with Gasteiger partial charge in [-0.05, 0) is 77.9 Å². The highest BCUT2D eigenvalue weighted by molar-refractivity contribution is 5.89. The van der Waals surface area contributed by atoms with E-state index < -0.39 is 29.6 Å². The normalized spacial score (nSPS) is 12.5. The standard InChI is InChI=1S/C30H22F4N2O3/c1-17(18-3-5-19(6-4-18)29(37)38)36-28(22-8-7-21-14-24(39-2)11-9-20(21)13-22)16-27(35-36)25-15-23(30(32,33)34)10-12-26(25)31/h3-17H,1-2H3,(H,37,38)/t17-/m0/s1. The third kappa shape index (κ3) is 5.07. The maximum atomic E-state index is 14.8. The van der Waals surface area contributed by atoms with Crippen molar-refractivity contribution in [2.75, 3.05) is 7.11 Å². The summed E-state index contributed by atoms with van der Waals surface area (Å²) in [5, 5.41) is 15.6. The van der Waals surface area contributed by atoms with E-state index in [2.05, 4.69) is 5.10 Å². The largest absolute Gasteiger partial charge is 0.497 e. The number of hydrogen-bond donors (Lipinski definition) is 1. The number of rotatable bonds is 6. The van der Waals surface area contributed by atoms with Crippen molar-refractivity contribution in [3.63, 3.8) is 0 Å². The van der Waals surface area contributed by atoms with E-state index in [1.807, 2.05) is 43.3 Å². The first-order valence-corrected chi connectivity index (χ1v) is 11.9. The number of aromatic carboxylic acids is 1. The first-order valence-electron chi connectivity index (χ1n) is 11.9. The van der Waals surface area contributed by atoms with Crippen molar-refractivity contribution >= 4 is 16.7 Å². The number of benzene rings is 4. The molecule has 39 heavy (non-hydrogen) atoms. The summed E-state index contributed by atoms with van der Waals surface area (Å²) in [6, 6.07) is 20.8. The maximum Gasteiger partial charge on any atom is 0.416 e. The molecule has 0 saturated carbocycles. The zero-order valence-corrected chi connectivity index (χ0v) is 20.8. The molecule has 0 aliphatic carbocycles. The van der Waals surface area contributed by atoms with E-state index in [-0.39, 0.29) is 16.8 Å². The lowest BCUT2D eigenvalue weighted by atomic mass is 10.0. The van der Waals surface area contributed by atoms with Crippen LogP contribution < -0.4 is 4.74 Å². The molecule has 5 aromatic rings. The minimum Gasteiger partial charge on any atom is -0.497 e. The Morgan fingerprint density at radius 2 is 1.62 bits per heavy atom. The molecule has 0 spiro atoms. The number of halogens is 4. The van der Waals surface area contributed by atoms with Crippen LogP contribution in [0.25, 0.3) is 33.3 Å². The Balaban J connectivity index is 1.67. The zero-order valence-electron chi connectivity index (χ0n) is 20.8. The second-order valence-corrected chi connectivity index (χ2v) is 9.08. The molecule has 5 nitrogen and oxygen atoms in total. The summed E-state index contributed by atoms with van der Waals surface area (Å²) in [6.45, 7) is 1.82. The van der Waals surface area contributed by atoms with Crippen LogP contribution in [0, 0.1) is 5.82 Å². The van der Waals surface area contributed by atoms with E-state index in [4.69, 9.17) is 4.74 Å². The lowest BCUT2D eigenvalue weighted by molar-refractivity contribution is -0.137. The Labute approximate surface area is 220 Å². The van der Waals surface area contributed by atoms with Crippen LogP contribution in [0.5, 0.6) is 5.75 Å². The van der Waals surface area contributed by atoms with E-state index in [1.165, 1.54) is 12.1 Å². The first kappa shape index (κ1) is 26.0. The third-order valence-electron chi connectivity index (χ3n) is 6.66. The number of carboxylic acid groups (broad SMARTS) is 1. The van der Waals surface area contributed by atoms with Gasteiger partial charge in [-0.2, -0.15) is 18.3 Å². The molecular weight excluding hydrogens is 512 g/mol. The van der Waals surface area contributed by atoms with Crippen molar-refractivity contribution in [3.8, 4) is 28.3 Å². The van der Waals surface area contributed by atoms with Crippen LogP contribution in [0.4, 0.5) is 17.6 Å². The van der Waals surface area contributed by atoms with Crippen LogP contribution in [-0.2, 0) is 6.18 Å². The molecule has 0 amide bonds. The summed E-state index contributed by atoms with van der Waals surface area (Å²) in [5.41, 5.74) is 0.879. The van der Waals surface area contributed by atoms with Gasteiger partial charge in [0.25, 0.3) is 0 Å². The van der Waals surface area contributed by atoms with Gasteiger partial charge in [0.15, 0.2) is 0 Å². The number of fused-ring (bicyclic) bond motifs is 1. The molecule has 0 bridgehead atoms. The van der Waals surface area contributed by atoms with Gasteiger partial charge in [-0.1, -0.05) is 30.3 Å². The lowest BCUT2D eigenvalue weighted by Gasteiger charge is -2.17. The average molecular weight is 535 g/mol. The highest BCUT2D eigenvalue weighted by Crippen LogP contribution is 2.37. The minimum atomic E-state index is -4.65. The molecule has 5 rings (SSSR count). The smallest absolute Gasteiger partial charge is 0.416 e. The molecule has 0 saturated heterocycles. The van der Waals surface area contributed by atoms with Gasteiger partial charge >= 0.3 is 12.1 Å². The van der Waals surface area contributed by atoms with E-state index >= 15 is 0 Å². The third-order valence-corrected chi connectivity index (χ3v) is 6.66. The van der Waals surface area contributed by atoms with Crippen molar-refractivity contribution in [1.29, 1.82) is 0 Å². The summed E-state index contributed by atoms with van der Waals surface area (Å²) in [4.78, 5) is 11.3. The lowest BCUT2D eigenvalue weighted by Crippen LogP contribution is -2.11. The van der Waals surface area contributed by atoms with Crippen molar-refractivity contribution in [2.45, 2.75) is 19.1 Å². The van der Waals surface area contributed by atoms with E-state index in [1.54, 1.807) is 30.0 Å². The van der Waals surface area contributed by atoms with Gasteiger partial charge < -0.3 is 9.84 Å². The molecule has 1 atom stereocenters. The predicted molar refractivity (Wildman–Crippen MR) is 139 cm³/mol. The fraction of sp³-hybridized carbons (Fsp3) is 0.133. The van der Waals surface area contributed by atoms with Gasteiger partial charge in [-0.15, -0.1) is 0 Å². The molecule has 0 aliphatic rings. The van der Waals surface area contributed by atoms with Crippen LogP contribution >= 0.6 is 0 Å². The molecular formula is C30H22F4N2O3. The van der Waals surface area contributed by atoms with Gasteiger partial charge in [0.1, 0.15) is 11.6 Å². The monoisotopic (exact) mass is 534 g/mol. The Kier molecular flexibility index (Phi) is 6.59. The number of aromatic nitrogens is 2. The van der Waals surface area contributed by atoms with Crippen LogP contribution in [0.1, 0.15) is 34.5 Å². The average Bonchev–Trinajstić information content (AvgIpc) is 3.37. The number of methoxy groups -OCH3 is 1. The molecule has 0 unspecified atom stereocenters. The SMILES string of the molecule is COc1ccc2cc(-c3cc(-c4cc(C(F)(F)F)ccc4F)nn3[C@@H](C)c3ccc(C(=O)O)cc3)ccc2c1. The van der Waals surface area contributed by atoms with E-state index in [0.717, 1.165) is 22.9 Å². The number of carboxylic acids is 1. The summed E-state index contributed by atoms with van der Waals surface area (Å²) in [7, 11) is 1.58. The molecule has 198 valence electrons. The Hall–Kier alpha value is -4.66. The molecule has 1 N–H and O–H groups in total. The van der Waals surface area contributed by atoms with E-state index in [9.17, 15) is 27.5 Å². The fourth-order valence-electron chi connectivity index (χ4n) is 4.49. The first-order chi connectivity index (χ1) is 18.5. The molecule has 0 radical (unpaired) electrons. The van der Waals surface area contributed by atoms with Crippen LogP contribution in [0.2, 0.25) is 0 Å². The molecule has 9 heteroatoms. The number of hydrogen-bond acceptors (Lipinski definition) is 3. The van der Waals surface area contributed by atoms with Gasteiger partial charge in [0, 0.05) is 11.1 Å². The number of ether oxygens (including phenoxy) is 1. The predicted octanol–water partition coefficient (Wildman–Crippen LogP) is 7.84. The van der Waals surface area contributed by atoms with Crippen molar-refractivity contribution in [1.82, 2.24) is 9.78 Å². The van der Waals surface area contributed by atoms with Gasteiger partial charge in [-0.25, -0.2) is 9.18 Å². The number of carbonyl (C=O) groups is 1. The summed E-state index contributed by atoms with van der Waals surface area (Å²) in [5.74, 6) is -1.20. The topological polar surface area (TPSA) is 64.4 Å². The van der Waals surface area contributed by atoms with Crippen LogP contribution in [0.15, 0.2) is 84.9 Å². The molecule has 1 heterocycles. The van der Waals surface area contributed by atoms with Gasteiger partial charge in [0.05, 0.1) is 35.7 Å². The highest BCUT2D eigenvalue weighted by atomic mass is 19.4. The summed E-state index contributed by atoms with van der Waals surface area (Å²) in [6.07, 6.45) is -4.65. The number of alkyl halides is 3. The zero-order chi connectivity index (χ0) is 27.9. The van der Waals surface area contributed by atoms with Crippen molar-refractivity contribution < 1.29 is 32.2 Å². The number of nitrogens with zero attached hydrogens (tertiary/aromatic N) is 2. The second kappa shape index (κ2) is 9.90. The Bertz CT molecular complexity index is 1690. The molecule has 0 fully saturated rings. The second-order valence-electron chi connectivity index (χ2n) is 9.08. The molecule has 1 aromatic heterocycles.